The van der Waals surface area contributed by atoms with Crippen LogP contribution in [-0.4, -0.2) is 11.5 Å². The molecule has 0 amide bonds. The summed E-state index contributed by atoms with van der Waals surface area (Å²) in [6, 6.07) is 0. The largest absolute Gasteiger partial charge is 0.573 e. The lowest BCUT2D eigenvalue weighted by Crippen LogP contribution is -2.13. The summed E-state index contributed by atoms with van der Waals surface area (Å²) < 4.78 is 50.2. The Balaban J connectivity index is 4.72. The van der Waals surface area contributed by atoms with Crippen molar-refractivity contribution in [3.05, 3.63) is 35.0 Å². The molecular formula is C7H5BrF4O2. The van der Waals surface area contributed by atoms with Crippen LogP contribution in [0.5, 0.6) is 0 Å². The molecule has 0 aliphatic rings. The summed E-state index contributed by atoms with van der Waals surface area (Å²) in [6.45, 7) is 5.69. The Morgan fingerprint density at radius 1 is 1.29 bits per heavy atom. The summed E-state index contributed by atoms with van der Waals surface area (Å²) in [4.78, 5) is 0. The van der Waals surface area contributed by atoms with Crippen molar-refractivity contribution in [2.24, 2.45) is 0 Å². The fourth-order valence-electron chi connectivity index (χ4n) is 0.436. The number of alkyl halides is 3. The average molecular weight is 277 g/mol. The van der Waals surface area contributed by atoms with Crippen LogP contribution in [0.25, 0.3) is 0 Å². The molecule has 1 N–H and O–H groups in total. The van der Waals surface area contributed by atoms with Crippen LogP contribution in [-0.2, 0) is 4.74 Å². The monoisotopic (exact) mass is 276 g/mol. The van der Waals surface area contributed by atoms with Gasteiger partial charge in [-0.2, -0.15) is 4.39 Å². The molecule has 0 radical (unpaired) electrons. The second kappa shape index (κ2) is 4.50. The Morgan fingerprint density at radius 3 is 2.00 bits per heavy atom. The van der Waals surface area contributed by atoms with Gasteiger partial charge in [-0.15, -0.1) is 13.2 Å². The number of allylic oxidation sites excluding steroid dienone is 2. The zero-order valence-electron chi connectivity index (χ0n) is 6.66. The summed E-state index contributed by atoms with van der Waals surface area (Å²) in [6.07, 6.45) is -5.05. The Bertz CT molecular complexity index is 293. The van der Waals surface area contributed by atoms with Crippen LogP contribution >= 0.6 is 15.9 Å². The first-order valence-electron chi connectivity index (χ1n) is 3.03. The second-order valence-electron chi connectivity index (χ2n) is 2.04. The van der Waals surface area contributed by atoms with Crippen molar-refractivity contribution in [3.8, 4) is 0 Å². The molecule has 0 spiro atoms. The first kappa shape index (κ1) is 13.0. The third-order valence-electron chi connectivity index (χ3n) is 0.949. The highest BCUT2D eigenvalue weighted by atomic mass is 79.9. The molecule has 0 aromatic carbocycles. The van der Waals surface area contributed by atoms with Crippen LogP contribution in [0, 0.1) is 0 Å². The molecule has 0 aliphatic carbocycles. The van der Waals surface area contributed by atoms with Crippen molar-refractivity contribution in [1.82, 2.24) is 0 Å². The fraction of sp³-hybridized carbons (Fsp3) is 0.143. The van der Waals surface area contributed by atoms with Gasteiger partial charge in [0.25, 0.3) is 0 Å². The lowest BCUT2D eigenvalue weighted by atomic mass is 10.4. The van der Waals surface area contributed by atoms with Crippen molar-refractivity contribution in [3.63, 3.8) is 0 Å². The molecule has 0 saturated carbocycles. The van der Waals surface area contributed by atoms with E-state index in [-0.39, 0.29) is 4.48 Å². The standard InChI is InChI=1S/C7H5BrF4O2/c1-3(8)6(13)5(9)4(2)14-7(10,11)12/h13H,1-2H2/b6-5-. The van der Waals surface area contributed by atoms with E-state index in [4.69, 9.17) is 5.11 Å². The number of hydrogen-bond donors (Lipinski definition) is 1. The molecular weight excluding hydrogens is 272 g/mol. The highest BCUT2D eigenvalue weighted by Crippen LogP contribution is 2.28. The number of halogens is 5. The van der Waals surface area contributed by atoms with E-state index in [9.17, 15) is 17.6 Å². The number of aliphatic hydroxyl groups excluding tert-OH is 1. The minimum Gasteiger partial charge on any atom is -0.504 e. The van der Waals surface area contributed by atoms with Gasteiger partial charge in [0.1, 0.15) is 0 Å². The summed E-state index contributed by atoms with van der Waals surface area (Å²) in [5, 5.41) is 8.81. The molecule has 0 unspecified atom stereocenters. The molecule has 2 nitrogen and oxygen atoms in total. The van der Waals surface area contributed by atoms with Gasteiger partial charge in [0.05, 0.1) is 4.48 Å². The van der Waals surface area contributed by atoms with Gasteiger partial charge in [-0.05, 0) is 15.9 Å². The van der Waals surface area contributed by atoms with Gasteiger partial charge in [0, 0.05) is 0 Å². The Labute approximate surface area is 85.3 Å². The van der Waals surface area contributed by atoms with E-state index in [1.807, 2.05) is 0 Å². The van der Waals surface area contributed by atoms with E-state index in [1.54, 1.807) is 0 Å². The van der Waals surface area contributed by atoms with E-state index in [0.717, 1.165) is 0 Å². The van der Waals surface area contributed by atoms with Crippen LogP contribution in [0.3, 0.4) is 0 Å². The number of ether oxygens (including phenoxy) is 1. The highest BCUT2D eigenvalue weighted by Gasteiger charge is 2.33. The van der Waals surface area contributed by atoms with Gasteiger partial charge in [-0.1, -0.05) is 13.2 Å². The molecule has 0 heterocycles. The molecule has 0 atom stereocenters. The van der Waals surface area contributed by atoms with Crippen LogP contribution in [0.4, 0.5) is 17.6 Å². The lowest BCUT2D eigenvalue weighted by molar-refractivity contribution is -0.304. The smallest absolute Gasteiger partial charge is 0.504 e. The maximum absolute atomic E-state index is 12.8. The summed E-state index contributed by atoms with van der Waals surface area (Å²) in [5.74, 6) is -4.07. The zero-order chi connectivity index (χ0) is 11.5. The molecule has 0 saturated heterocycles. The molecule has 14 heavy (non-hydrogen) atoms. The van der Waals surface area contributed by atoms with Gasteiger partial charge < -0.3 is 9.84 Å². The lowest BCUT2D eigenvalue weighted by Gasteiger charge is -2.10. The van der Waals surface area contributed by atoms with Crippen LogP contribution in [0.1, 0.15) is 0 Å². The Hall–Kier alpha value is -0.980. The fourth-order valence-corrected chi connectivity index (χ4v) is 0.610. The topological polar surface area (TPSA) is 29.5 Å². The zero-order valence-corrected chi connectivity index (χ0v) is 8.25. The van der Waals surface area contributed by atoms with E-state index < -0.39 is 23.7 Å². The molecule has 0 aromatic heterocycles. The molecule has 0 bridgehead atoms. The highest BCUT2D eigenvalue weighted by molar-refractivity contribution is 9.11. The Morgan fingerprint density at radius 2 is 1.71 bits per heavy atom. The van der Waals surface area contributed by atoms with Gasteiger partial charge in [-0.3, -0.25) is 0 Å². The predicted molar refractivity (Wildman–Crippen MR) is 45.1 cm³/mol. The van der Waals surface area contributed by atoms with Gasteiger partial charge in [0.2, 0.25) is 5.83 Å². The third kappa shape index (κ3) is 4.31. The minimum atomic E-state index is -5.05. The molecule has 7 heteroatoms. The van der Waals surface area contributed by atoms with Gasteiger partial charge in [0.15, 0.2) is 11.5 Å². The third-order valence-corrected chi connectivity index (χ3v) is 1.32. The maximum atomic E-state index is 12.8. The summed E-state index contributed by atoms with van der Waals surface area (Å²) >= 11 is 2.57. The van der Waals surface area contributed by atoms with Crippen molar-refractivity contribution in [1.29, 1.82) is 0 Å². The van der Waals surface area contributed by atoms with E-state index in [2.05, 4.69) is 33.8 Å². The SMILES string of the molecule is C=C(Br)/C(O)=C(/F)C(=C)OC(F)(F)F. The normalized spacial score (nSPS) is 13.2. The predicted octanol–water partition coefficient (Wildman–Crippen LogP) is 3.68. The quantitative estimate of drug-likeness (QED) is 0.484. The first-order chi connectivity index (χ1) is 6.15. The van der Waals surface area contributed by atoms with Crippen molar-refractivity contribution in [2.75, 3.05) is 0 Å². The molecule has 0 aliphatic heterocycles. The van der Waals surface area contributed by atoms with E-state index in [1.165, 1.54) is 0 Å². The van der Waals surface area contributed by atoms with Crippen LogP contribution in [0.2, 0.25) is 0 Å². The van der Waals surface area contributed by atoms with Gasteiger partial charge >= 0.3 is 6.36 Å². The molecule has 0 rings (SSSR count). The molecule has 80 valence electrons. The molecule has 0 fully saturated rings. The van der Waals surface area contributed by atoms with Crippen LogP contribution in [0.15, 0.2) is 35.0 Å². The van der Waals surface area contributed by atoms with Crippen molar-refractivity contribution < 1.29 is 27.4 Å². The number of hydrogen-bond acceptors (Lipinski definition) is 2. The number of aliphatic hydroxyl groups is 1. The Kier molecular flexibility index (Phi) is 4.18. The van der Waals surface area contributed by atoms with Crippen molar-refractivity contribution >= 4 is 15.9 Å². The van der Waals surface area contributed by atoms with E-state index >= 15 is 0 Å². The maximum Gasteiger partial charge on any atom is 0.573 e. The van der Waals surface area contributed by atoms with Crippen LogP contribution < -0.4 is 0 Å². The van der Waals surface area contributed by atoms with Crippen molar-refractivity contribution in [2.45, 2.75) is 6.36 Å². The summed E-state index contributed by atoms with van der Waals surface area (Å²) in [7, 11) is 0. The summed E-state index contributed by atoms with van der Waals surface area (Å²) in [5.41, 5.74) is 0. The molecule has 0 aromatic rings. The van der Waals surface area contributed by atoms with Gasteiger partial charge in [-0.25, -0.2) is 0 Å². The van der Waals surface area contributed by atoms with E-state index in [0.29, 0.717) is 0 Å². The number of rotatable bonds is 3. The first-order valence-corrected chi connectivity index (χ1v) is 3.83. The average Bonchev–Trinajstić information content (AvgIpc) is 1.98. The minimum absolute atomic E-state index is 0.318. The second-order valence-corrected chi connectivity index (χ2v) is 3.00.